The van der Waals surface area contributed by atoms with E-state index >= 15 is 0 Å². The van der Waals surface area contributed by atoms with Crippen LogP contribution in [0.25, 0.3) is 0 Å². The highest BCUT2D eigenvalue weighted by atomic mass is 19.1. The average Bonchev–Trinajstić information content (AvgIpc) is 2.79. The summed E-state index contributed by atoms with van der Waals surface area (Å²) >= 11 is 0. The summed E-state index contributed by atoms with van der Waals surface area (Å²) in [7, 11) is 0. The Balaban J connectivity index is 1.98. The second kappa shape index (κ2) is 2.78. The van der Waals surface area contributed by atoms with Gasteiger partial charge in [-0.2, -0.15) is 0 Å². The Morgan fingerprint density at radius 2 is 2.07 bits per heavy atom. The topological polar surface area (TPSA) is 24.1 Å². The van der Waals surface area contributed by atoms with Crippen molar-refractivity contribution in [3.05, 3.63) is 35.6 Å². The molecule has 0 radical (unpaired) electrons. The Hall–Kier alpha value is -0.930. The minimum Gasteiger partial charge on any atom is -0.310 e. The largest absolute Gasteiger partial charge is 0.310 e. The molecule has 2 nitrogen and oxygen atoms in total. The minimum atomic E-state index is -0.161. The lowest BCUT2D eigenvalue weighted by Crippen LogP contribution is -2.47. The van der Waals surface area contributed by atoms with Crippen molar-refractivity contribution in [2.45, 2.75) is 18.0 Å². The zero-order valence-corrected chi connectivity index (χ0v) is 7.89. The Morgan fingerprint density at radius 3 is 2.57 bits per heavy atom. The van der Waals surface area contributed by atoms with E-state index in [1.165, 1.54) is 17.7 Å². The molecule has 14 heavy (non-hydrogen) atoms. The lowest BCUT2D eigenvalue weighted by molar-refractivity contribution is 0.392. The summed E-state index contributed by atoms with van der Waals surface area (Å²) in [5.74, 6) is -0.161. The summed E-state index contributed by atoms with van der Waals surface area (Å²) in [6.45, 7) is 1.99. The summed E-state index contributed by atoms with van der Waals surface area (Å²) in [6.07, 6.45) is 1.12. The van der Waals surface area contributed by atoms with E-state index in [-0.39, 0.29) is 11.4 Å². The fourth-order valence-corrected chi connectivity index (χ4v) is 2.57. The van der Waals surface area contributed by atoms with Crippen molar-refractivity contribution in [3.8, 4) is 0 Å². The van der Waals surface area contributed by atoms with E-state index in [2.05, 4.69) is 10.6 Å². The zero-order chi connectivity index (χ0) is 9.60. The number of piperazine rings is 1. The van der Waals surface area contributed by atoms with Crippen LogP contribution in [0, 0.1) is 5.82 Å². The molecule has 0 aliphatic carbocycles. The third-order valence-electron chi connectivity index (χ3n) is 3.37. The Labute approximate surface area is 82.5 Å². The third kappa shape index (κ3) is 1.09. The number of rotatable bonds is 1. The van der Waals surface area contributed by atoms with Crippen molar-refractivity contribution in [2.24, 2.45) is 0 Å². The van der Waals surface area contributed by atoms with Crippen LogP contribution in [0.15, 0.2) is 24.3 Å². The van der Waals surface area contributed by atoms with Crippen molar-refractivity contribution in [1.29, 1.82) is 0 Å². The van der Waals surface area contributed by atoms with Crippen LogP contribution >= 0.6 is 0 Å². The molecule has 2 fully saturated rings. The van der Waals surface area contributed by atoms with Gasteiger partial charge in [-0.1, -0.05) is 12.1 Å². The van der Waals surface area contributed by atoms with Gasteiger partial charge in [-0.15, -0.1) is 0 Å². The normalized spacial score (nSPS) is 35.1. The lowest BCUT2D eigenvalue weighted by Gasteiger charge is -2.28. The summed E-state index contributed by atoms with van der Waals surface area (Å²) in [5, 5.41) is 6.97. The molecule has 0 saturated carbocycles. The predicted molar refractivity (Wildman–Crippen MR) is 52.5 cm³/mol. The van der Waals surface area contributed by atoms with Gasteiger partial charge in [0.15, 0.2) is 0 Å². The van der Waals surface area contributed by atoms with Crippen molar-refractivity contribution < 1.29 is 4.39 Å². The van der Waals surface area contributed by atoms with Crippen LogP contribution < -0.4 is 10.6 Å². The molecule has 2 atom stereocenters. The monoisotopic (exact) mass is 192 g/mol. The molecule has 2 aliphatic heterocycles. The summed E-state index contributed by atoms with van der Waals surface area (Å²) in [5.41, 5.74) is 1.27. The summed E-state index contributed by atoms with van der Waals surface area (Å²) in [4.78, 5) is 0. The van der Waals surface area contributed by atoms with Gasteiger partial charge in [0, 0.05) is 19.1 Å². The first-order valence-electron chi connectivity index (χ1n) is 5.03. The molecular formula is C11H13FN2. The number of hydrogen-bond acceptors (Lipinski definition) is 2. The van der Waals surface area contributed by atoms with E-state index in [4.69, 9.17) is 0 Å². The molecule has 1 aromatic rings. The van der Waals surface area contributed by atoms with Gasteiger partial charge in [-0.05, 0) is 24.1 Å². The number of nitrogens with one attached hydrogen (secondary N) is 2. The SMILES string of the molecule is Fc1ccc(C23CNC(CN2)C3)cc1. The van der Waals surface area contributed by atoms with Crippen molar-refractivity contribution in [1.82, 2.24) is 10.6 Å². The molecule has 2 heterocycles. The second-order valence-electron chi connectivity index (χ2n) is 4.25. The number of hydrogen-bond donors (Lipinski definition) is 2. The standard InChI is InChI=1S/C11H13FN2/c12-9-3-1-8(2-4-9)11-5-10(6-14-11)13-7-11/h1-4,10,13-14H,5-7H2. The van der Waals surface area contributed by atoms with E-state index in [0.29, 0.717) is 6.04 Å². The molecule has 2 aliphatic rings. The van der Waals surface area contributed by atoms with E-state index < -0.39 is 0 Å². The van der Waals surface area contributed by atoms with Crippen LogP contribution in [-0.4, -0.2) is 19.1 Å². The van der Waals surface area contributed by atoms with Crippen LogP contribution in [0.1, 0.15) is 12.0 Å². The van der Waals surface area contributed by atoms with Crippen LogP contribution in [0.3, 0.4) is 0 Å². The molecule has 0 aromatic heterocycles. The van der Waals surface area contributed by atoms with E-state index in [1.54, 1.807) is 0 Å². The maximum atomic E-state index is 12.8. The third-order valence-corrected chi connectivity index (χ3v) is 3.37. The lowest BCUT2D eigenvalue weighted by atomic mass is 9.90. The van der Waals surface area contributed by atoms with E-state index in [9.17, 15) is 4.39 Å². The fraction of sp³-hybridized carbons (Fsp3) is 0.455. The molecule has 2 saturated heterocycles. The highest BCUT2D eigenvalue weighted by molar-refractivity contribution is 5.30. The average molecular weight is 192 g/mol. The first kappa shape index (κ1) is 8.38. The maximum absolute atomic E-state index is 12.8. The van der Waals surface area contributed by atoms with Gasteiger partial charge >= 0.3 is 0 Å². The molecule has 1 aromatic carbocycles. The zero-order valence-electron chi connectivity index (χ0n) is 7.89. The molecule has 0 amide bonds. The van der Waals surface area contributed by atoms with Crippen LogP contribution in [0.5, 0.6) is 0 Å². The molecule has 74 valence electrons. The molecule has 0 spiro atoms. The Bertz CT molecular complexity index is 339. The van der Waals surface area contributed by atoms with Crippen molar-refractivity contribution >= 4 is 0 Å². The van der Waals surface area contributed by atoms with Gasteiger partial charge in [0.25, 0.3) is 0 Å². The van der Waals surface area contributed by atoms with Crippen molar-refractivity contribution in [3.63, 3.8) is 0 Å². The van der Waals surface area contributed by atoms with Crippen LogP contribution in [-0.2, 0) is 5.54 Å². The molecule has 3 heteroatoms. The molecule has 2 N–H and O–H groups in total. The fourth-order valence-electron chi connectivity index (χ4n) is 2.57. The highest BCUT2D eigenvalue weighted by Crippen LogP contribution is 2.35. The van der Waals surface area contributed by atoms with Crippen LogP contribution in [0.4, 0.5) is 4.39 Å². The molecule has 3 rings (SSSR count). The van der Waals surface area contributed by atoms with Crippen molar-refractivity contribution in [2.75, 3.05) is 13.1 Å². The first-order valence-corrected chi connectivity index (χ1v) is 5.03. The Kier molecular flexibility index (Phi) is 1.66. The number of halogens is 1. The second-order valence-corrected chi connectivity index (χ2v) is 4.25. The predicted octanol–water partition coefficient (Wildman–Crippen LogP) is 0.986. The van der Waals surface area contributed by atoms with E-state index in [0.717, 1.165) is 19.5 Å². The van der Waals surface area contributed by atoms with Gasteiger partial charge in [0.2, 0.25) is 0 Å². The first-order chi connectivity index (χ1) is 6.78. The minimum absolute atomic E-state index is 0.0678. The molecule has 2 unspecified atom stereocenters. The summed E-state index contributed by atoms with van der Waals surface area (Å²) in [6, 6.07) is 7.45. The number of benzene rings is 1. The molecule has 2 bridgehead atoms. The summed E-state index contributed by atoms with van der Waals surface area (Å²) < 4.78 is 12.8. The van der Waals surface area contributed by atoms with E-state index in [1.807, 2.05) is 12.1 Å². The smallest absolute Gasteiger partial charge is 0.123 e. The highest BCUT2D eigenvalue weighted by Gasteiger charge is 2.45. The molecular weight excluding hydrogens is 179 g/mol. The van der Waals surface area contributed by atoms with Crippen LogP contribution in [0.2, 0.25) is 0 Å². The van der Waals surface area contributed by atoms with Gasteiger partial charge in [0.05, 0.1) is 5.54 Å². The number of fused-ring (bicyclic) bond motifs is 2. The van der Waals surface area contributed by atoms with Gasteiger partial charge in [-0.3, -0.25) is 0 Å². The maximum Gasteiger partial charge on any atom is 0.123 e. The van der Waals surface area contributed by atoms with Gasteiger partial charge in [-0.25, -0.2) is 4.39 Å². The van der Waals surface area contributed by atoms with Gasteiger partial charge < -0.3 is 10.6 Å². The Morgan fingerprint density at radius 1 is 1.29 bits per heavy atom. The van der Waals surface area contributed by atoms with Gasteiger partial charge in [0.1, 0.15) is 5.82 Å². The quantitative estimate of drug-likeness (QED) is 0.693.